The molecule has 0 aliphatic carbocycles. The number of aliphatic imine (C=N–C) groups is 1. The lowest BCUT2D eigenvalue weighted by Gasteiger charge is -2.37. The van der Waals surface area contributed by atoms with Gasteiger partial charge in [-0.3, -0.25) is 24.1 Å². The maximum Gasteiger partial charge on any atom is 0.392 e. The topological polar surface area (TPSA) is 84.8 Å². The van der Waals surface area contributed by atoms with Crippen molar-refractivity contribution in [2.24, 2.45) is 4.99 Å². The van der Waals surface area contributed by atoms with Crippen LogP contribution >= 0.6 is 0 Å². The van der Waals surface area contributed by atoms with Crippen LogP contribution in [-0.2, 0) is 16.1 Å². The van der Waals surface area contributed by atoms with E-state index in [-0.39, 0.29) is 11.9 Å². The Labute approximate surface area is 175 Å². The van der Waals surface area contributed by atoms with Gasteiger partial charge >= 0.3 is 12.0 Å². The van der Waals surface area contributed by atoms with Gasteiger partial charge in [0.25, 0.3) is 5.91 Å². The van der Waals surface area contributed by atoms with E-state index in [4.69, 9.17) is 14.1 Å². The zero-order valence-corrected chi connectivity index (χ0v) is 17.2. The molecule has 160 valence electrons. The zero-order chi connectivity index (χ0) is 20.7. The fraction of sp³-hybridized carbons (Fsp3) is 0.600. The Bertz CT molecular complexity index is 889. The molecule has 1 aromatic heterocycles. The zero-order valence-electron chi connectivity index (χ0n) is 17.2. The predicted molar refractivity (Wildman–Crippen MR) is 107 cm³/mol. The fourth-order valence-corrected chi connectivity index (χ4v) is 4.53. The second kappa shape index (κ2) is 7.84. The van der Waals surface area contributed by atoms with E-state index in [1.165, 1.54) is 9.80 Å². The molecule has 0 saturated carbocycles. The summed E-state index contributed by atoms with van der Waals surface area (Å²) in [5.74, 6) is 1.94. The average molecular weight is 415 g/mol. The highest BCUT2D eigenvalue weighted by molar-refractivity contribution is 6.25. The molecule has 1 unspecified atom stereocenters. The molecule has 0 N–H and O–H groups in total. The van der Waals surface area contributed by atoms with E-state index in [1.54, 1.807) is 13.3 Å². The van der Waals surface area contributed by atoms with Crippen LogP contribution in [0.4, 0.5) is 4.79 Å². The van der Waals surface area contributed by atoms with E-state index < -0.39 is 6.04 Å². The third-order valence-electron chi connectivity index (χ3n) is 6.17. The van der Waals surface area contributed by atoms with Crippen LogP contribution in [0.1, 0.15) is 12.2 Å². The first-order chi connectivity index (χ1) is 14.6. The van der Waals surface area contributed by atoms with Gasteiger partial charge in [0.05, 0.1) is 32.6 Å². The molecular formula is C20H27N6O4+. The molecule has 5 heterocycles. The molecule has 0 radical (unpaired) electrons. The number of nitrogens with zero attached hydrogens (tertiary/aromatic N) is 6. The molecule has 2 fully saturated rings. The molecule has 2 saturated heterocycles. The summed E-state index contributed by atoms with van der Waals surface area (Å²) >= 11 is 0. The molecule has 0 aromatic carbocycles. The maximum atomic E-state index is 13.4. The summed E-state index contributed by atoms with van der Waals surface area (Å²) in [7, 11) is 1.71. The molecule has 10 nitrogen and oxygen atoms in total. The number of likely N-dealkylation sites (N-methyl/N-ethyl adjacent to an activating group) is 1. The Kier molecular flexibility index (Phi) is 5.03. The van der Waals surface area contributed by atoms with Gasteiger partial charge in [-0.1, -0.05) is 4.99 Å². The third kappa shape index (κ3) is 3.29. The predicted octanol–water partition coefficient (Wildman–Crippen LogP) is -0.139. The molecule has 1 aromatic rings. The quantitative estimate of drug-likeness (QED) is 0.623. The minimum atomic E-state index is -0.535. The first kappa shape index (κ1) is 19.3. The van der Waals surface area contributed by atoms with Crippen LogP contribution in [0.3, 0.4) is 0 Å². The highest BCUT2D eigenvalue weighted by Crippen LogP contribution is 2.26. The van der Waals surface area contributed by atoms with Gasteiger partial charge in [0.2, 0.25) is 11.9 Å². The van der Waals surface area contributed by atoms with E-state index in [2.05, 4.69) is 9.48 Å². The van der Waals surface area contributed by atoms with Gasteiger partial charge in [0.1, 0.15) is 12.3 Å². The van der Waals surface area contributed by atoms with Crippen LogP contribution < -0.4 is 0 Å². The van der Waals surface area contributed by atoms with Gasteiger partial charge in [-0.25, -0.2) is 9.69 Å². The number of fused-ring (bicyclic) bond motifs is 3. The lowest BCUT2D eigenvalue weighted by molar-refractivity contribution is -0.556. The van der Waals surface area contributed by atoms with Crippen molar-refractivity contribution in [2.45, 2.75) is 19.0 Å². The Morgan fingerprint density at radius 2 is 2.03 bits per heavy atom. The van der Waals surface area contributed by atoms with Crippen LogP contribution in [0.25, 0.3) is 0 Å². The number of imide groups is 1. The molecule has 3 amide bonds. The van der Waals surface area contributed by atoms with Gasteiger partial charge < -0.3 is 9.15 Å². The number of morpholine rings is 1. The second-order valence-corrected chi connectivity index (χ2v) is 8.01. The van der Waals surface area contributed by atoms with Crippen LogP contribution in [0.15, 0.2) is 27.8 Å². The summed E-state index contributed by atoms with van der Waals surface area (Å²) in [6.07, 6.45) is 2.58. The maximum absolute atomic E-state index is 13.4. The van der Waals surface area contributed by atoms with E-state index in [0.717, 1.165) is 44.3 Å². The van der Waals surface area contributed by atoms with Crippen molar-refractivity contribution < 1.29 is 23.3 Å². The SMILES string of the molecule is CN1C(=O)N(CCN2CCOCC2)C(=O)C2C1=NC1=[N+](Cc3ccco3)CCCN12. The summed E-state index contributed by atoms with van der Waals surface area (Å²) in [6, 6.07) is 2.96. The number of urea groups is 1. The molecule has 0 spiro atoms. The Morgan fingerprint density at radius 1 is 1.20 bits per heavy atom. The number of ether oxygens (including phenoxy) is 1. The van der Waals surface area contributed by atoms with Gasteiger partial charge in [-0.15, -0.1) is 0 Å². The second-order valence-electron chi connectivity index (χ2n) is 8.01. The molecular weight excluding hydrogens is 388 g/mol. The minimum absolute atomic E-state index is 0.181. The van der Waals surface area contributed by atoms with E-state index in [0.29, 0.717) is 38.7 Å². The number of guanidine groups is 1. The van der Waals surface area contributed by atoms with E-state index >= 15 is 0 Å². The van der Waals surface area contributed by atoms with Crippen molar-refractivity contribution in [1.29, 1.82) is 0 Å². The number of rotatable bonds is 5. The lowest BCUT2D eigenvalue weighted by Crippen LogP contribution is -2.65. The summed E-state index contributed by atoms with van der Waals surface area (Å²) in [6.45, 7) is 6.25. The standard InChI is InChI=1S/C20H27N6O4/c1-22-17-16(18(27)26(20(22)28)8-7-23-9-12-29-13-10-23)25-6-3-5-24(19(25)21-17)14-15-4-2-11-30-15/h2,4,11,16H,3,5-10,12-14H2,1H3/q+1. The normalized spacial score (nSPS) is 25.0. The Balaban J connectivity index is 1.38. The fourth-order valence-electron chi connectivity index (χ4n) is 4.53. The third-order valence-corrected chi connectivity index (χ3v) is 6.17. The molecule has 0 bridgehead atoms. The van der Waals surface area contributed by atoms with Crippen LogP contribution in [-0.4, -0.2) is 113 Å². The van der Waals surface area contributed by atoms with E-state index in [1.807, 2.05) is 17.0 Å². The van der Waals surface area contributed by atoms with Gasteiger partial charge in [-0.2, -0.15) is 0 Å². The molecule has 4 aliphatic heterocycles. The summed E-state index contributed by atoms with van der Waals surface area (Å²) in [4.78, 5) is 38.2. The van der Waals surface area contributed by atoms with Gasteiger partial charge in [-0.05, 0) is 12.1 Å². The smallest absolute Gasteiger partial charge is 0.392 e. The molecule has 30 heavy (non-hydrogen) atoms. The molecule has 4 aliphatic rings. The highest BCUT2D eigenvalue weighted by Gasteiger charge is 2.56. The van der Waals surface area contributed by atoms with Crippen LogP contribution in [0.5, 0.6) is 0 Å². The number of hydrogen-bond donors (Lipinski definition) is 0. The highest BCUT2D eigenvalue weighted by atomic mass is 16.5. The van der Waals surface area contributed by atoms with Crippen molar-refractivity contribution in [1.82, 2.24) is 19.6 Å². The largest absolute Gasteiger partial charge is 0.466 e. The van der Waals surface area contributed by atoms with Crippen molar-refractivity contribution >= 4 is 23.7 Å². The average Bonchev–Trinajstić information content (AvgIpc) is 3.41. The summed E-state index contributed by atoms with van der Waals surface area (Å²) in [5, 5.41) is 0. The first-order valence-corrected chi connectivity index (χ1v) is 10.5. The number of carbonyl (C=O) groups is 2. The number of furan rings is 1. The van der Waals surface area contributed by atoms with E-state index in [9.17, 15) is 9.59 Å². The Hall–Kier alpha value is -2.72. The first-order valence-electron chi connectivity index (χ1n) is 10.5. The van der Waals surface area contributed by atoms with Crippen molar-refractivity contribution in [3.05, 3.63) is 24.2 Å². The van der Waals surface area contributed by atoms with Crippen molar-refractivity contribution in [2.75, 3.05) is 59.5 Å². The Morgan fingerprint density at radius 3 is 2.80 bits per heavy atom. The number of hydrogen-bond acceptors (Lipinski definition) is 7. The molecule has 1 atom stereocenters. The monoisotopic (exact) mass is 415 g/mol. The van der Waals surface area contributed by atoms with Crippen molar-refractivity contribution in [3.63, 3.8) is 0 Å². The van der Waals surface area contributed by atoms with Gasteiger partial charge in [0.15, 0.2) is 0 Å². The number of carbonyl (C=O) groups excluding carboxylic acids is 2. The number of amides is 3. The van der Waals surface area contributed by atoms with Crippen LogP contribution in [0, 0.1) is 0 Å². The minimum Gasteiger partial charge on any atom is -0.466 e. The number of amidine groups is 1. The molecule has 10 heteroatoms. The molecule has 5 rings (SSSR count). The summed E-state index contributed by atoms with van der Waals surface area (Å²) < 4.78 is 13.0. The lowest BCUT2D eigenvalue weighted by atomic mass is 10.1. The van der Waals surface area contributed by atoms with Crippen LogP contribution in [0.2, 0.25) is 0 Å². The van der Waals surface area contributed by atoms with Gasteiger partial charge in [0, 0.05) is 39.6 Å². The van der Waals surface area contributed by atoms with Crippen molar-refractivity contribution in [3.8, 4) is 0 Å². The summed E-state index contributed by atoms with van der Waals surface area (Å²) in [5.41, 5.74) is 0.